The van der Waals surface area contributed by atoms with Gasteiger partial charge in [-0.3, -0.25) is 4.57 Å². The standard InChI is InChI=1S/C52H31N5/c1-2-13-33(14-3-1)50-36-16-6-9-19-40(36)54-52(55-50)57-43-21-11-7-17-37(43)48-44(57)28-24-32-23-27-41-47(46(32)48)39-26-29-45-49(51(39)53-41)38-18-8-10-20-42(38)56(45)35-25-22-31-12-4-5-15-34(31)30-35/h1-30,53H. The van der Waals surface area contributed by atoms with Gasteiger partial charge in [0.15, 0.2) is 0 Å². The summed E-state index contributed by atoms with van der Waals surface area (Å²) in [5.74, 6) is 0.660. The second kappa shape index (κ2) is 11.4. The molecule has 1 N–H and O–H groups in total. The smallest absolute Gasteiger partial charge is 0.235 e. The SMILES string of the molecule is c1ccc(-c2nc(-n3c4ccccc4c4c5c(ccc6[nH]c7c(ccc8c7c7ccccc7n8-c7ccc8ccccc8c7)c65)ccc43)nc3ccccc23)cc1. The Kier molecular flexibility index (Phi) is 6.10. The topological polar surface area (TPSA) is 51.4 Å². The Morgan fingerprint density at radius 1 is 0.386 bits per heavy atom. The van der Waals surface area contributed by atoms with Gasteiger partial charge >= 0.3 is 0 Å². The molecule has 0 aliphatic rings. The largest absolute Gasteiger partial charge is 0.354 e. The Hall–Kier alpha value is -7.76. The second-order valence-electron chi connectivity index (χ2n) is 15.0. The highest BCUT2D eigenvalue weighted by molar-refractivity contribution is 6.35. The molecule has 57 heavy (non-hydrogen) atoms. The first-order valence-electron chi connectivity index (χ1n) is 19.4. The fraction of sp³-hybridized carbons (Fsp3) is 0. The first-order valence-corrected chi connectivity index (χ1v) is 19.4. The number of benzene rings is 9. The summed E-state index contributed by atoms with van der Waals surface area (Å²) in [5.41, 5.74) is 10.9. The lowest BCUT2D eigenvalue weighted by atomic mass is 9.98. The molecule has 0 atom stereocenters. The van der Waals surface area contributed by atoms with Crippen LogP contribution in [0.15, 0.2) is 182 Å². The van der Waals surface area contributed by atoms with E-state index in [2.05, 4.69) is 190 Å². The molecule has 0 aliphatic heterocycles. The third kappa shape index (κ3) is 4.23. The van der Waals surface area contributed by atoms with Crippen LogP contribution in [0.25, 0.3) is 121 Å². The fourth-order valence-corrected chi connectivity index (χ4v) is 9.58. The van der Waals surface area contributed by atoms with Crippen LogP contribution in [-0.2, 0) is 0 Å². The Bertz CT molecular complexity index is 3810. The zero-order valence-electron chi connectivity index (χ0n) is 30.6. The van der Waals surface area contributed by atoms with Crippen molar-refractivity contribution in [1.82, 2.24) is 24.1 Å². The van der Waals surface area contributed by atoms with Crippen molar-refractivity contribution in [2.75, 3.05) is 0 Å². The molecule has 5 heteroatoms. The lowest BCUT2D eigenvalue weighted by Crippen LogP contribution is -2.03. The summed E-state index contributed by atoms with van der Waals surface area (Å²) >= 11 is 0. The Labute approximate surface area is 325 Å². The number of fused-ring (bicyclic) bond motifs is 15. The minimum absolute atomic E-state index is 0.660. The van der Waals surface area contributed by atoms with Gasteiger partial charge in [0.05, 0.1) is 38.8 Å². The number of rotatable bonds is 3. The third-order valence-electron chi connectivity index (χ3n) is 12.0. The van der Waals surface area contributed by atoms with Crippen molar-refractivity contribution >= 4 is 97.9 Å². The quantitative estimate of drug-likeness (QED) is 0.197. The molecule has 0 spiro atoms. The molecule has 4 aromatic heterocycles. The van der Waals surface area contributed by atoms with Gasteiger partial charge in [-0.2, -0.15) is 0 Å². The van der Waals surface area contributed by atoms with E-state index in [9.17, 15) is 0 Å². The number of nitrogens with one attached hydrogen (secondary N) is 1. The fourth-order valence-electron chi connectivity index (χ4n) is 9.58. The number of H-pyrrole nitrogens is 1. The molecule has 0 aliphatic carbocycles. The molecule has 264 valence electrons. The Balaban J connectivity index is 1.13. The average Bonchev–Trinajstić information content (AvgIpc) is 3.94. The summed E-state index contributed by atoms with van der Waals surface area (Å²) in [6, 6.07) is 65.3. The number of para-hydroxylation sites is 3. The van der Waals surface area contributed by atoms with Gasteiger partial charge in [-0.15, -0.1) is 0 Å². The van der Waals surface area contributed by atoms with E-state index in [4.69, 9.17) is 9.97 Å². The van der Waals surface area contributed by atoms with Crippen molar-refractivity contribution in [3.63, 3.8) is 0 Å². The molecule has 0 saturated heterocycles. The number of aromatic nitrogens is 5. The van der Waals surface area contributed by atoms with Crippen LogP contribution >= 0.6 is 0 Å². The van der Waals surface area contributed by atoms with E-state index in [1.165, 1.54) is 64.9 Å². The zero-order chi connectivity index (χ0) is 37.2. The maximum atomic E-state index is 5.35. The maximum Gasteiger partial charge on any atom is 0.235 e. The Morgan fingerprint density at radius 3 is 1.89 bits per heavy atom. The maximum absolute atomic E-state index is 5.35. The predicted molar refractivity (Wildman–Crippen MR) is 238 cm³/mol. The van der Waals surface area contributed by atoms with Crippen LogP contribution < -0.4 is 0 Å². The van der Waals surface area contributed by atoms with Crippen molar-refractivity contribution in [2.45, 2.75) is 0 Å². The molecule has 0 radical (unpaired) electrons. The molecule has 5 nitrogen and oxygen atoms in total. The lowest BCUT2D eigenvalue weighted by molar-refractivity contribution is 1.01. The van der Waals surface area contributed by atoms with Crippen LogP contribution in [-0.4, -0.2) is 24.1 Å². The van der Waals surface area contributed by atoms with Gasteiger partial charge in [0.2, 0.25) is 5.95 Å². The molecule has 0 unspecified atom stereocenters. The van der Waals surface area contributed by atoms with Gasteiger partial charge in [-0.25, -0.2) is 9.97 Å². The molecule has 0 fully saturated rings. The van der Waals surface area contributed by atoms with E-state index in [1.54, 1.807) is 0 Å². The van der Waals surface area contributed by atoms with Crippen LogP contribution in [0.5, 0.6) is 0 Å². The minimum Gasteiger partial charge on any atom is -0.354 e. The number of hydrogen-bond donors (Lipinski definition) is 1. The molecule has 9 aromatic carbocycles. The van der Waals surface area contributed by atoms with Crippen molar-refractivity contribution in [3.05, 3.63) is 182 Å². The van der Waals surface area contributed by atoms with Crippen LogP contribution in [0.2, 0.25) is 0 Å². The van der Waals surface area contributed by atoms with Gasteiger partial charge in [0.25, 0.3) is 0 Å². The molecular weight excluding hydrogens is 695 g/mol. The van der Waals surface area contributed by atoms with E-state index >= 15 is 0 Å². The van der Waals surface area contributed by atoms with Gasteiger partial charge in [0.1, 0.15) is 0 Å². The molecule has 0 amide bonds. The van der Waals surface area contributed by atoms with Crippen LogP contribution in [0, 0.1) is 0 Å². The molecule has 13 aromatic rings. The summed E-state index contributed by atoms with van der Waals surface area (Å²) in [6.45, 7) is 0. The predicted octanol–water partition coefficient (Wildman–Crippen LogP) is 13.4. The molecule has 0 saturated carbocycles. The van der Waals surface area contributed by atoms with Gasteiger partial charge in [-0.05, 0) is 64.7 Å². The highest BCUT2D eigenvalue weighted by atomic mass is 15.2. The van der Waals surface area contributed by atoms with Crippen molar-refractivity contribution < 1.29 is 0 Å². The average molecular weight is 726 g/mol. The highest BCUT2D eigenvalue weighted by Crippen LogP contribution is 2.45. The molecule has 13 rings (SSSR count). The van der Waals surface area contributed by atoms with E-state index in [-0.39, 0.29) is 0 Å². The number of hydrogen-bond acceptors (Lipinski definition) is 2. The molecular formula is C52H31N5. The summed E-state index contributed by atoms with van der Waals surface area (Å²) in [7, 11) is 0. The monoisotopic (exact) mass is 725 g/mol. The van der Waals surface area contributed by atoms with Gasteiger partial charge in [0, 0.05) is 59.9 Å². The van der Waals surface area contributed by atoms with E-state index in [0.29, 0.717) is 5.95 Å². The van der Waals surface area contributed by atoms with Crippen LogP contribution in [0.1, 0.15) is 0 Å². The first-order chi connectivity index (χ1) is 28.3. The lowest BCUT2D eigenvalue weighted by Gasteiger charge is -2.12. The van der Waals surface area contributed by atoms with Crippen molar-refractivity contribution in [3.8, 4) is 22.9 Å². The van der Waals surface area contributed by atoms with Crippen LogP contribution in [0.4, 0.5) is 0 Å². The second-order valence-corrected chi connectivity index (χ2v) is 15.0. The minimum atomic E-state index is 0.660. The summed E-state index contributed by atoms with van der Waals surface area (Å²) in [4.78, 5) is 14.5. The number of nitrogens with zero attached hydrogens (tertiary/aromatic N) is 4. The van der Waals surface area contributed by atoms with Crippen molar-refractivity contribution in [2.24, 2.45) is 0 Å². The van der Waals surface area contributed by atoms with Gasteiger partial charge in [-0.1, -0.05) is 133 Å². The first kappa shape index (κ1) is 30.6. The van der Waals surface area contributed by atoms with Crippen molar-refractivity contribution in [1.29, 1.82) is 0 Å². The normalized spacial score (nSPS) is 12.2. The molecule has 4 heterocycles. The summed E-state index contributed by atoms with van der Waals surface area (Å²) in [5, 5.41) is 13.2. The van der Waals surface area contributed by atoms with Crippen LogP contribution in [0.3, 0.4) is 0 Å². The van der Waals surface area contributed by atoms with E-state index < -0.39 is 0 Å². The van der Waals surface area contributed by atoms with Gasteiger partial charge < -0.3 is 9.55 Å². The highest BCUT2D eigenvalue weighted by Gasteiger charge is 2.23. The third-order valence-corrected chi connectivity index (χ3v) is 12.0. The Morgan fingerprint density at radius 2 is 1.04 bits per heavy atom. The number of aromatic amines is 1. The molecule has 0 bridgehead atoms. The van der Waals surface area contributed by atoms with E-state index in [0.717, 1.165) is 49.9 Å². The zero-order valence-corrected chi connectivity index (χ0v) is 30.6. The summed E-state index contributed by atoms with van der Waals surface area (Å²) < 4.78 is 4.67. The summed E-state index contributed by atoms with van der Waals surface area (Å²) in [6.07, 6.45) is 0. The van der Waals surface area contributed by atoms with E-state index in [1.807, 2.05) is 6.07 Å².